The molecule has 1 heterocycles. The second-order valence-electron chi connectivity index (χ2n) is 4.01. The maximum atomic E-state index is 12.0. The molecule has 0 atom stereocenters. The molecule has 1 aromatic carbocycles. The second-order valence-corrected chi connectivity index (χ2v) is 5.22. The molecular weight excluding hydrogens is 294 g/mol. The van der Waals surface area contributed by atoms with Crippen LogP contribution in [0.25, 0.3) is 0 Å². The van der Waals surface area contributed by atoms with Gasteiger partial charge in [0.25, 0.3) is 0 Å². The molecule has 1 amide bonds. The Kier molecular flexibility index (Phi) is 5.19. The Bertz CT molecular complexity index is 656. The number of thiophene rings is 1. The molecule has 20 heavy (non-hydrogen) atoms. The predicted molar refractivity (Wildman–Crippen MR) is 82.1 cm³/mol. The van der Waals surface area contributed by atoms with Crippen LogP contribution in [0, 0.1) is 11.8 Å². The summed E-state index contributed by atoms with van der Waals surface area (Å²) < 4.78 is 0. The molecule has 0 aliphatic rings. The van der Waals surface area contributed by atoms with Gasteiger partial charge in [-0.3, -0.25) is 4.79 Å². The summed E-state index contributed by atoms with van der Waals surface area (Å²) in [5.41, 5.74) is 2.15. The number of anilines is 1. The minimum atomic E-state index is -0.231. The summed E-state index contributed by atoms with van der Waals surface area (Å²) in [4.78, 5) is 12.0. The number of nitrogens with one attached hydrogen (secondary N) is 1. The number of hydrogen-bond acceptors (Lipinski definition) is 3. The number of aliphatic hydroxyl groups is 1. The van der Waals surface area contributed by atoms with E-state index in [0.29, 0.717) is 22.7 Å². The van der Waals surface area contributed by atoms with Crippen molar-refractivity contribution in [1.82, 2.24) is 0 Å². The van der Waals surface area contributed by atoms with Crippen molar-refractivity contribution in [1.29, 1.82) is 0 Å². The van der Waals surface area contributed by atoms with Crippen LogP contribution in [0.2, 0.25) is 5.02 Å². The van der Waals surface area contributed by atoms with E-state index < -0.39 is 0 Å². The van der Waals surface area contributed by atoms with Crippen LogP contribution >= 0.6 is 22.9 Å². The average Bonchev–Trinajstić information content (AvgIpc) is 2.90. The van der Waals surface area contributed by atoms with Crippen molar-refractivity contribution in [3.05, 3.63) is 51.2 Å². The highest BCUT2D eigenvalue weighted by Crippen LogP contribution is 2.21. The van der Waals surface area contributed by atoms with Gasteiger partial charge in [-0.25, -0.2) is 0 Å². The topological polar surface area (TPSA) is 49.3 Å². The van der Waals surface area contributed by atoms with Crippen LogP contribution in [0.15, 0.2) is 35.0 Å². The van der Waals surface area contributed by atoms with Crippen molar-refractivity contribution >= 4 is 34.5 Å². The number of hydrogen-bond donors (Lipinski definition) is 2. The average molecular weight is 306 g/mol. The summed E-state index contributed by atoms with van der Waals surface area (Å²) in [5.74, 6) is 5.21. The molecular formula is C15H12ClNO2S. The first-order valence-corrected chi connectivity index (χ1v) is 7.21. The van der Waals surface area contributed by atoms with E-state index >= 15 is 0 Å². The van der Waals surface area contributed by atoms with Gasteiger partial charge in [0.1, 0.15) is 6.61 Å². The van der Waals surface area contributed by atoms with E-state index in [-0.39, 0.29) is 12.5 Å². The number of amides is 1. The lowest BCUT2D eigenvalue weighted by molar-refractivity contribution is -0.115. The lowest BCUT2D eigenvalue weighted by atomic mass is 10.1. The second kappa shape index (κ2) is 7.11. The molecule has 0 saturated heterocycles. The molecule has 0 radical (unpaired) electrons. The number of rotatable bonds is 3. The zero-order valence-corrected chi connectivity index (χ0v) is 12.1. The van der Waals surface area contributed by atoms with Crippen LogP contribution in [0.1, 0.15) is 11.1 Å². The maximum Gasteiger partial charge on any atom is 0.228 e. The Hall–Kier alpha value is -1.80. The third-order valence-corrected chi connectivity index (χ3v) is 3.47. The summed E-state index contributed by atoms with van der Waals surface area (Å²) in [6.45, 7) is -0.231. The van der Waals surface area contributed by atoms with E-state index in [0.717, 1.165) is 5.56 Å². The van der Waals surface area contributed by atoms with Gasteiger partial charge >= 0.3 is 0 Å². The predicted octanol–water partition coefficient (Wildman–Crippen LogP) is 2.93. The zero-order chi connectivity index (χ0) is 14.4. The number of aliphatic hydroxyl groups excluding tert-OH is 1. The monoisotopic (exact) mass is 305 g/mol. The van der Waals surface area contributed by atoms with Gasteiger partial charge < -0.3 is 10.4 Å². The highest BCUT2D eigenvalue weighted by Gasteiger charge is 2.08. The van der Waals surface area contributed by atoms with Gasteiger partial charge in [-0.15, -0.1) is 0 Å². The molecule has 0 aliphatic heterocycles. The van der Waals surface area contributed by atoms with Gasteiger partial charge in [0.2, 0.25) is 5.91 Å². The fourth-order valence-electron chi connectivity index (χ4n) is 1.64. The fourth-order valence-corrected chi connectivity index (χ4v) is 2.48. The first-order valence-electron chi connectivity index (χ1n) is 5.89. The fraction of sp³-hybridized carbons (Fsp3) is 0.133. The molecule has 0 bridgehead atoms. The van der Waals surface area contributed by atoms with Crippen molar-refractivity contribution in [2.24, 2.45) is 0 Å². The molecule has 0 spiro atoms. The van der Waals surface area contributed by atoms with Gasteiger partial charge in [0.05, 0.1) is 12.1 Å². The molecule has 5 heteroatoms. The Labute approximate surface area is 126 Å². The van der Waals surface area contributed by atoms with Crippen molar-refractivity contribution in [3.63, 3.8) is 0 Å². The summed E-state index contributed by atoms with van der Waals surface area (Å²) >= 11 is 7.48. The van der Waals surface area contributed by atoms with E-state index in [1.54, 1.807) is 29.5 Å². The summed E-state index contributed by atoms with van der Waals surface area (Å²) in [7, 11) is 0. The molecule has 2 N–H and O–H groups in total. The standard InChI is InChI=1S/C15H12ClNO2S/c16-13-4-3-12(2-1-6-18)14(9-13)17-15(19)8-11-5-7-20-10-11/h3-5,7,9-10,18H,6,8H2,(H,17,19). The number of carbonyl (C=O) groups is 1. The van der Waals surface area contributed by atoms with Crippen LogP contribution < -0.4 is 5.32 Å². The van der Waals surface area contributed by atoms with Gasteiger partial charge in [-0.2, -0.15) is 11.3 Å². The molecule has 1 aromatic heterocycles. The van der Waals surface area contributed by atoms with Crippen molar-refractivity contribution in [3.8, 4) is 11.8 Å². The van der Waals surface area contributed by atoms with E-state index in [4.69, 9.17) is 16.7 Å². The maximum absolute atomic E-state index is 12.0. The third-order valence-electron chi connectivity index (χ3n) is 2.50. The van der Waals surface area contributed by atoms with E-state index in [9.17, 15) is 4.79 Å². The van der Waals surface area contributed by atoms with Gasteiger partial charge in [-0.1, -0.05) is 23.4 Å². The van der Waals surface area contributed by atoms with Crippen LogP contribution in [-0.4, -0.2) is 17.6 Å². The van der Waals surface area contributed by atoms with E-state index in [1.165, 1.54) is 0 Å². The van der Waals surface area contributed by atoms with Crippen LogP contribution in [0.5, 0.6) is 0 Å². The SMILES string of the molecule is O=C(Cc1ccsc1)Nc1cc(Cl)ccc1C#CCO. The quantitative estimate of drug-likeness (QED) is 0.857. The Morgan fingerprint density at radius 3 is 2.95 bits per heavy atom. The Morgan fingerprint density at radius 1 is 1.40 bits per heavy atom. The minimum Gasteiger partial charge on any atom is -0.384 e. The Morgan fingerprint density at radius 2 is 2.25 bits per heavy atom. The van der Waals surface area contributed by atoms with Crippen molar-refractivity contribution < 1.29 is 9.90 Å². The highest BCUT2D eigenvalue weighted by atomic mass is 35.5. The molecule has 2 rings (SSSR count). The molecule has 0 aliphatic carbocycles. The molecule has 0 unspecified atom stereocenters. The molecule has 0 fully saturated rings. The van der Waals surface area contributed by atoms with Crippen molar-refractivity contribution in [2.75, 3.05) is 11.9 Å². The Balaban J connectivity index is 2.15. The van der Waals surface area contributed by atoms with E-state index in [2.05, 4.69) is 17.2 Å². The molecule has 3 nitrogen and oxygen atoms in total. The summed E-state index contributed by atoms with van der Waals surface area (Å²) in [6.07, 6.45) is 0.308. The smallest absolute Gasteiger partial charge is 0.228 e. The van der Waals surface area contributed by atoms with Crippen LogP contribution in [-0.2, 0) is 11.2 Å². The number of halogens is 1. The van der Waals surface area contributed by atoms with Crippen LogP contribution in [0.4, 0.5) is 5.69 Å². The molecule has 102 valence electrons. The van der Waals surface area contributed by atoms with Gasteiger partial charge in [-0.05, 0) is 40.6 Å². The molecule has 0 saturated carbocycles. The first-order chi connectivity index (χ1) is 9.69. The minimum absolute atomic E-state index is 0.127. The van der Waals surface area contributed by atoms with E-state index in [1.807, 2.05) is 16.8 Å². The van der Waals surface area contributed by atoms with Crippen molar-refractivity contribution in [2.45, 2.75) is 6.42 Å². The largest absolute Gasteiger partial charge is 0.384 e. The summed E-state index contributed by atoms with van der Waals surface area (Å²) in [6, 6.07) is 6.96. The normalized spacial score (nSPS) is 9.70. The first kappa shape index (κ1) is 14.6. The zero-order valence-electron chi connectivity index (χ0n) is 10.5. The lowest BCUT2D eigenvalue weighted by Crippen LogP contribution is -2.14. The molecule has 2 aromatic rings. The third kappa shape index (κ3) is 4.10. The number of benzene rings is 1. The van der Waals surface area contributed by atoms with Gasteiger partial charge in [0.15, 0.2) is 0 Å². The van der Waals surface area contributed by atoms with Gasteiger partial charge in [0, 0.05) is 10.6 Å². The summed E-state index contributed by atoms with van der Waals surface area (Å²) in [5, 5.41) is 15.9. The van der Waals surface area contributed by atoms with Crippen LogP contribution in [0.3, 0.4) is 0 Å². The highest BCUT2D eigenvalue weighted by molar-refractivity contribution is 7.08. The number of carbonyl (C=O) groups excluding carboxylic acids is 1. The lowest BCUT2D eigenvalue weighted by Gasteiger charge is -2.07.